The number of carbonyl (C=O) groups excluding carboxylic acids is 5. The first-order valence-electron chi connectivity index (χ1n) is 40.1. The molecule has 10 saturated heterocycles. The zero-order chi connectivity index (χ0) is 92.8. The lowest BCUT2D eigenvalue weighted by Gasteiger charge is -2.52. The van der Waals surface area contributed by atoms with E-state index in [9.17, 15) is 162 Å². The van der Waals surface area contributed by atoms with E-state index in [2.05, 4.69) is 26.6 Å². The number of aliphatic hydroxyl groups is 27. The van der Waals surface area contributed by atoms with E-state index in [-0.39, 0.29) is 0 Å². The number of amides is 5. The van der Waals surface area contributed by atoms with E-state index >= 15 is 0 Å². The molecule has 0 aromatic carbocycles. The lowest BCUT2D eigenvalue weighted by atomic mass is 9.93. The molecule has 10 aliphatic rings. The molecular formula is C70H117N5O51. The average Bonchev–Trinajstić information content (AvgIpc) is 0.755. The number of carbonyl (C=O) groups is 5. The van der Waals surface area contributed by atoms with Crippen LogP contribution in [0.1, 0.15) is 34.6 Å². The van der Waals surface area contributed by atoms with Crippen LogP contribution in [0.3, 0.4) is 0 Å². The second-order valence-corrected chi connectivity index (χ2v) is 31.7. The first-order chi connectivity index (χ1) is 59.6. The van der Waals surface area contributed by atoms with Crippen molar-refractivity contribution in [2.45, 2.75) is 341 Å². The van der Waals surface area contributed by atoms with Crippen molar-refractivity contribution in [1.82, 2.24) is 26.6 Å². The van der Waals surface area contributed by atoms with E-state index in [4.69, 9.17) is 90.0 Å². The van der Waals surface area contributed by atoms with Crippen LogP contribution in [-0.4, -0.2) is 540 Å². The summed E-state index contributed by atoms with van der Waals surface area (Å²) in [6.45, 7) is -6.58. The minimum absolute atomic E-state index is 0.815. The van der Waals surface area contributed by atoms with Crippen LogP contribution in [-0.2, 0) is 114 Å². The molecule has 126 heavy (non-hydrogen) atoms. The molecule has 10 heterocycles. The van der Waals surface area contributed by atoms with Crippen molar-refractivity contribution in [3.05, 3.63) is 0 Å². The molecule has 0 radical (unpaired) electrons. The molecule has 0 spiro atoms. The van der Waals surface area contributed by atoms with Gasteiger partial charge in [-0.2, -0.15) is 0 Å². The van der Waals surface area contributed by atoms with Gasteiger partial charge < -0.3 is 254 Å². The van der Waals surface area contributed by atoms with Crippen LogP contribution in [0.2, 0.25) is 0 Å². The monoisotopic (exact) mass is 1840 g/mol. The molecule has 0 bridgehead atoms. The van der Waals surface area contributed by atoms with Crippen molar-refractivity contribution in [3.8, 4) is 0 Å². The molecule has 0 aromatic rings. The van der Waals surface area contributed by atoms with Gasteiger partial charge in [-0.15, -0.1) is 0 Å². The molecule has 0 aromatic heterocycles. The molecule has 32 N–H and O–H groups in total. The highest BCUT2D eigenvalue weighted by Gasteiger charge is 2.62. The lowest BCUT2D eigenvalue weighted by molar-refractivity contribution is -0.404. The molecule has 0 unspecified atom stereocenters. The van der Waals surface area contributed by atoms with E-state index in [1.165, 1.54) is 0 Å². The quantitative estimate of drug-likeness (QED) is 0.0290. The smallest absolute Gasteiger partial charge is 0.217 e. The van der Waals surface area contributed by atoms with Gasteiger partial charge in [-0.25, -0.2) is 0 Å². The van der Waals surface area contributed by atoms with Gasteiger partial charge in [0, 0.05) is 34.6 Å². The van der Waals surface area contributed by atoms with Crippen LogP contribution in [0.5, 0.6) is 0 Å². The SMILES string of the molecule is CC(=O)N[C@@H]1[C@@H](O)[C@H](O[C@@H]2O[C@H](CO)[C@@H](O[C@@H]3O[C@H](CO[C@H]4O[C@H](CO[C@H]5O[C@H](CO)[C@@H](O)[C@H](O)[C@@H]5O)[C@@H](O)[C@H](O[C@H]5O[C@H](CO)[C@@H](O)[C@H](O)[C@@H]5O)[C@@H]4O)[C@@H](O)[C@H](O[C@H]4O[C@H](CO)[C@@H](O[C@@H]5O[C@H](CO)[C@@H](O)[C@@H](O)[C@H]5NC(C)=O)[C@H](O)[C@@H]4O[C@@H]4O[C@H](CO)[C@@H](O[C@@H]5O[C@H](CO)[C@H](O)[C@H](O)[C@H]5NC(C)=O)[C@H](O)[C@H]4NC(C)=O)[C@@H]3O)[C@H](O)[C@H]2NC(C)=O)[C@@H](CO)O[C@H]1O. The van der Waals surface area contributed by atoms with Crippen LogP contribution in [0.15, 0.2) is 0 Å². The van der Waals surface area contributed by atoms with Crippen LogP contribution in [0.25, 0.3) is 0 Å². The van der Waals surface area contributed by atoms with Gasteiger partial charge >= 0.3 is 0 Å². The number of hydrogen-bond donors (Lipinski definition) is 32. The predicted molar refractivity (Wildman–Crippen MR) is 388 cm³/mol. The first kappa shape index (κ1) is 104. The predicted octanol–water partition coefficient (Wildman–Crippen LogP) is -22.1. The summed E-state index contributed by atoms with van der Waals surface area (Å²) in [5, 5.41) is 315. The minimum Gasteiger partial charge on any atom is -0.394 e. The van der Waals surface area contributed by atoms with Gasteiger partial charge in [0.15, 0.2) is 62.9 Å². The largest absolute Gasteiger partial charge is 0.394 e. The summed E-state index contributed by atoms with van der Waals surface area (Å²) < 4.78 is 114. The molecule has 56 heteroatoms. The number of nitrogens with one attached hydrogen (secondary N) is 5. The van der Waals surface area contributed by atoms with Gasteiger partial charge in [0.1, 0.15) is 244 Å². The summed E-state index contributed by atoms with van der Waals surface area (Å²) >= 11 is 0. The molecule has 10 aliphatic heterocycles. The normalized spacial score (nSPS) is 48.4. The van der Waals surface area contributed by atoms with Crippen molar-refractivity contribution >= 4 is 29.5 Å². The van der Waals surface area contributed by atoms with E-state index in [1.54, 1.807) is 0 Å². The van der Waals surface area contributed by atoms with Crippen LogP contribution in [0, 0.1) is 0 Å². The molecule has 10 rings (SSSR count). The standard InChI is InChI=1S/C70H117N5O51/c1-16(84)71-31-44(97)54(25(10-80)110-61(31)107)120-64-34(74-19(4)87)46(99)56(27(12-82)115-64)123-69-53(106)59(41(94)30(119-69)15-109-67-52(105)58(124-68-50(103)48(101)39(92)24(9-79)114-68)40(93)29(118-67)14-108-66-49(102)47(100)38(91)23(8-78)113-66)125-70-60(51(104)57(28(13-83)117-70)122-63-33(73-18(3)86)43(96)37(90)22(7-77)112-63)126-65-35(75-20(5)88)45(98)55(26(11-81)116-65)121-62-32(72-17(2)85)42(95)36(89)21(6-76)111-62/h21-70,76-83,89-107H,6-15H2,1-5H3,(H,71,84)(H,72,85)(H,73,86)(H,74,87)(H,75,88)/t21-,22-,23-,24-,25-,26-,27-,28-,29-,30-,31-,32-,33-,34-,35-,36+,37-,38-,39-,40-,41-,42-,43+,44-,45-,46-,47+,48+,49+,50+,51+,52+,53+,54-,55-,56-,57-,58+,59+,60+,61-,62+,63+,64+,65+,66+,67+,68-,69+,70-/m1/s1. The Hall–Kier alpha value is -4.49. The maximum absolute atomic E-state index is 13.4. The Kier molecular flexibility index (Phi) is 37.4. The van der Waals surface area contributed by atoms with Crippen molar-refractivity contribution in [2.24, 2.45) is 0 Å². The summed E-state index contributed by atoms with van der Waals surface area (Å²) in [7, 11) is 0. The summed E-state index contributed by atoms with van der Waals surface area (Å²) in [4.78, 5) is 64.0. The first-order valence-corrected chi connectivity index (χ1v) is 40.1. The number of aliphatic hydroxyl groups excluding tert-OH is 27. The molecule has 728 valence electrons. The number of ether oxygens (including phenoxy) is 19. The fourth-order valence-electron chi connectivity index (χ4n) is 16.3. The summed E-state index contributed by atoms with van der Waals surface area (Å²) in [6, 6.07) is -9.38. The van der Waals surface area contributed by atoms with Crippen LogP contribution >= 0.6 is 0 Å². The Labute approximate surface area is 713 Å². The maximum atomic E-state index is 13.4. The molecule has 0 aliphatic carbocycles. The van der Waals surface area contributed by atoms with Gasteiger partial charge in [-0.1, -0.05) is 0 Å². The Bertz CT molecular complexity index is 3440. The Morgan fingerprint density at radius 1 is 0.206 bits per heavy atom. The maximum Gasteiger partial charge on any atom is 0.217 e. The third kappa shape index (κ3) is 23.1. The summed E-state index contributed by atoms with van der Waals surface area (Å²) in [6.07, 6.45) is -96.7. The third-order valence-corrected chi connectivity index (χ3v) is 22.9. The van der Waals surface area contributed by atoms with E-state index in [0.29, 0.717) is 0 Å². The number of hydrogen-bond acceptors (Lipinski definition) is 51. The Morgan fingerprint density at radius 3 is 0.810 bits per heavy atom. The van der Waals surface area contributed by atoms with Gasteiger partial charge in [0.25, 0.3) is 0 Å². The second-order valence-electron chi connectivity index (χ2n) is 31.7. The fraction of sp³-hybridized carbons (Fsp3) is 0.929. The fourth-order valence-corrected chi connectivity index (χ4v) is 16.3. The van der Waals surface area contributed by atoms with Crippen molar-refractivity contribution in [2.75, 3.05) is 66.1 Å². The second kappa shape index (κ2) is 45.5. The highest BCUT2D eigenvalue weighted by Crippen LogP contribution is 2.41. The molecule has 50 atom stereocenters. The topological polar surface area (TPSA) is 867 Å². The molecule has 10 fully saturated rings. The van der Waals surface area contributed by atoms with E-state index in [0.717, 1.165) is 34.6 Å². The molecule has 0 saturated carbocycles. The van der Waals surface area contributed by atoms with Crippen molar-refractivity contribution in [1.29, 1.82) is 0 Å². The molecular weight excluding hydrogens is 1730 g/mol. The molecule has 56 nitrogen and oxygen atoms in total. The minimum atomic E-state index is -2.70. The van der Waals surface area contributed by atoms with E-state index < -0.39 is 402 Å². The van der Waals surface area contributed by atoms with Crippen molar-refractivity contribution in [3.63, 3.8) is 0 Å². The van der Waals surface area contributed by atoms with Gasteiger partial charge in [-0.05, 0) is 0 Å². The highest BCUT2D eigenvalue weighted by molar-refractivity contribution is 5.75. The highest BCUT2D eigenvalue weighted by atomic mass is 16.8. The van der Waals surface area contributed by atoms with Crippen LogP contribution in [0.4, 0.5) is 0 Å². The average molecular weight is 1840 g/mol. The zero-order valence-electron chi connectivity index (χ0n) is 67.8. The summed E-state index contributed by atoms with van der Waals surface area (Å²) in [5.41, 5.74) is 0. The third-order valence-electron chi connectivity index (χ3n) is 22.9. The van der Waals surface area contributed by atoms with Crippen LogP contribution < -0.4 is 26.6 Å². The van der Waals surface area contributed by atoms with Gasteiger partial charge in [0.05, 0.1) is 66.1 Å². The van der Waals surface area contributed by atoms with E-state index in [1.807, 2.05) is 0 Å². The van der Waals surface area contributed by atoms with Gasteiger partial charge in [-0.3, -0.25) is 24.0 Å². The van der Waals surface area contributed by atoms with Gasteiger partial charge in [0.2, 0.25) is 29.5 Å². The Balaban J connectivity index is 1.05. The lowest BCUT2D eigenvalue weighted by Crippen LogP contribution is -2.71. The zero-order valence-corrected chi connectivity index (χ0v) is 67.8. The van der Waals surface area contributed by atoms with Crippen molar-refractivity contribution < 1.29 is 252 Å². The number of rotatable bonds is 33. The molecule has 5 amide bonds. The Morgan fingerprint density at radius 2 is 0.437 bits per heavy atom. The summed E-state index contributed by atoms with van der Waals surface area (Å²) in [5.74, 6) is -4.61.